The minimum Gasteiger partial charge on any atom is -0.469 e. The lowest BCUT2D eigenvalue weighted by atomic mass is 9.64. The number of ether oxygens (including phenoxy) is 1. The molecular weight excluding hydrogens is 204 g/mol. The van der Waals surface area contributed by atoms with Crippen LogP contribution in [0, 0.1) is 10.8 Å². The third-order valence-electron chi connectivity index (χ3n) is 4.43. The molecule has 2 aliphatic rings. The number of hydrogen-bond donors (Lipinski definition) is 1. The lowest BCUT2D eigenvalue weighted by Crippen LogP contribution is -2.50. The Morgan fingerprint density at radius 1 is 1.19 bits per heavy atom. The van der Waals surface area contributed by atoms with E-state index in [-0.39, 0.29) is 11.4 Å². The highest BCUT2D eigenvalue weighted by Crippen LogP contribution is 2.61. The molecule has 92 valence electrons. The van der Waals surface area contributed by atoms with E-state index in [1.807, 2.05) is 0 Å². The molecule has 2 fully saturated rings. The zero-order valence-electron chi connectivity index (χ0n) is 10.5. The fourth-order valence-corrected chi connectivity index (χ4v) is 3.42. The average Bonchev–Trinajstić information content (AvgIpc) is 2.95. The van der Waals surface area contributed by atoms with Crippen LogP contribution in [0.2, 0.25) is 0 Å². The van der Waals surface area contributed by atoms with E-state index in [2.05, 4.69) is 13.8 Å². The summed E-state index contributed by atoms with van der Waals surface area (Å²) in [5.74, 6) is -0.215. The zero-order valence-corrected chi connectivity index (χ0v) is 10.5. The highest BCUT2D eigenvalue weighted by atomic mass is 16.5. The topological polar surface area (TPSA) is 46.5 Å². The van der Waals surface area contributed by atoms with Crippen molar-refractivity contribution in [1.29, 1.82) is 0 Å². The van der Waals surface area contributed by atoms with Crippen LogP contribution in [-0.2, 0) is 9.53 Å². The zero-order chi connectivity index (χ0) is 12.0. The maximum absolute atomic E-state index is 11.8. The molecule has 2 aliphatic carbocycles. The Balaban J connectivity index is 2.22. The quantitative estimate of drug-likeness (QED) is 0.735. The van der Waals surface area contributed by atoms with Crippen LogP contribution in [0.1, 0.15) is 52.4 Å². The van der Waals surface area contributed by atoms with Crippen molar-refractivity contribution in [3.63, 3.8) is 0 Å². The van der Waals surface area contributed by atoms with Gasteiger partial charge in [-0.2, -0.15) is 0 Å². The van der Waals surface area contributed by atoms with Gasteiger partial charge in [0.1, 0.15) is 0 Å². The average molecular weight is 226 g/mol. The molecule has 1 atom stereocenters. The molecule has 3 nitrogen and oxygen atoms in total. The van der Waals surface area contributed by atoms with Gasteiger partial charge in [0.25, 0.3) is 0 Å². The number of hydrogen-bond acceptors (Lipinski definition) is 3. The van der Waals surface area contributed by atoms with Crippen LogP contribution in [0.15, 0.2) is 0 Å². The van der Waals surface area contributed by atoms with Crippen LogP contribution in [0.25, 0.3) is 0 Å². The lowest BCUT2D eigenvalue weighted by Gasteiger charge is -2.45. The number of carbonyl (C=O) groups is 1. The Labute approximate surface area is 97.2 Å². The van der Waals surface area contributed by atoms with Gasteiger partial charge in [-0.1, -0.05) is 20.3 Å². The van der Waals surface area contributed by atoms with Crippen molar-refractivity contribution in [1.82, 2.24) is 0 Å². The van der Waals surface area contributed by atoms with Gasteiger partial charge in [-0.25, -0.2) is 0 Å². The molecule has 0 radical (unpaired) electrons. The Hall–Kier alpha value is -0.570. The first kappa shape index (κ1) is 11.9. The molecule has 2 saturated carbocycles. The number of esters is 1. The molecule has 1 unspecified atom stereocenters. The van der Waals surface area contributed by atoms with Gasteiger partial charge in [-0.15, -0.1) is 0 Å². The summed E-state index contributed by atoms with van der Waals surface area (Å²) < 4.78 is 4.87. The summed E-state index contributed by atoms with van der Waals surface area (Å²) in [6.07, 6.45) is 5.16. The SMILES string of the molecule is COC(=O)C1(C2(O)CCCC(C)(C)C2)CC1. The van der Waals surface area contributed by atoms with Gasteiger partial charge in [-0.3, -0.25) is 4.79 Å². The second kappa shape index (κ2) is 3.46. The van der Waals surface area contributed by atoms with E-state index < -0.39 is 11.0 Å². The summed E-state index contributed by atoms with van der Waals surface area (Å²) >= 11 is 0. The standard InChI is InChI=1S/C13H22O3/c1-11(2)5-4-6-13(15,9-11)12(7-8-12)10(14)16-3/h15H,4-9H2,1-3H3. The molecule has 0 aromatic rings. The first-order chi connectivity index (χ1) is 7.35. The highest BCUT2D eigenvalue weighted by Gasteiger charge is 2.66. The minimum absolute atomic E-state index is 0.136. The summed E-state index contributed by atoms with van der Waals surface area (Å²) in [4.78, 5) is 11.8. The van der Waals surface area contributed by atoms with Gasteiger partial charge in [0.15, 0.2) is 0 Å². The molecule has 0 aliphatic heterocycles. The predicted molar refractivity (Wildman–Crippen MR) is 60.9 cm³/mol. The van der Waals surface area contributed by atoms with Crippen molar-refractivity contribution in [2.45, 2.75) is 58.0 Å². The van der Waals surface area contributed by atoms with Gasteiger partial charge < -0.3 is 9.84 Å². The molecule has 0 aromatic carbocycles. The highest BCUT2D eigenvalue weighted by molar-refractivity contribution is 5.81. The molecule has 16 heavy (non-hydrogen) atoms. The normalized spacial score (nSPS) is 35.5. The van der Waals surface area contributed by atoms with E-state index in [0.29, 0.717) is 0 Å². The molecule has 0 aromatic heterocycles. The molecule has 0 saturated heterocycles. The smallest absolute Gasteiger partial charge is 0.314 e. The number of aliphatic hydroxyl groups is 1. The van der Waals surface area contributed by atoms with Gasteiger partial charge in [-0.05, 0) is 37.5 Å². The van der Waals surface area contributed by atoms with E-state index in [1.165, 1.54) is 7.11 Å². The first-order valence-corrected chi connectivity index (χ1v) is 6.16. The molecule has 0 bridgehead atoms. The third-order valence-corrected chi connectivity index (χ3v) is 4.43. The number of carbonyl (C=O) groups excluding carboxylic acids is 1. The third kappa shape index (κ3) is 1.65. The predicted octanol–water partition coefficient (Wildman–Crippen LogP) is 2.27. The number of rotatable bonds is 2. The summed E-state index contributed by atoms with van der Waals surface area (Å²) in [5.41, 5.74) is -1.28. The molecule has 0 amide bonds. The van der Waals surface area contributed by atoms with Crippen LogP contribution < -0.4 is 0 Å². The van der Waals surface area contributed by atoms with Crippen molar-refractivity contribution in [2.75, 3.05) is 7.11 Å². The monoisotopic (exact) mass is 226 g/mol. The number of methoxy groups -OCH3 is 1. The fraction of sp³-hybridized carbons (Fsp3) is 0.923. The van der Waals surface area contributed by atoms with Crippen LogP contribution in [-0.4, -0.2) is 23.8 Å². The van der Waals surface area contributed by atoms with E-state index in [9.17, 15) is 9.90 Å². The van der Waals surface area contributed by atoms with Crippen molar-refractivity contribution in [3.05, 3.63) is 0 Å². The Bertz CT molecular complexity index is 304. The van der Waals surface area contributed by atoms with Crippen LogP contribution in [0.3, 0.4) is 0 Å². The largest absolute Gasteiger partial charge is 0.469 e. The van der Waals surface area contributed by atoms with Gasteiger partial charge >= 0.3 is 5.97 Å². The maximum Gasteiger partial charge on any atom is 0.314 e. The van der Waals surface area contributed by atoms with E-state index in [4.69, 9.17) is 4.74 Å². The first-order valence-electron chi connectivity index (χ1n) is 6.16. The van der Waals surface area contributed by atoms with Crippen molar-refractivity contribution in [2.24, 2.45) is 10.8 Å². The maximum atomic E-state index is 11.8. The molecule has 0 heterocycles. The van der Waals surface area contributed by atoms with Crippen molar-refractivity contribution >= 4 is 5.97 Å². The summed E-state index contributed by atoms with van der Waals surface area (Å²) in [6.45, 7) is 4.34. The van der Waals surface area contributed by atoms with E-state index >= 15 is 0 Å². The summed E-state index contributed by atoms with van der Waals surface area (Å²) in [7, 11) is 1.42. The van der Waals surface area contributed by atoms with Gasteiger partial charge in [0, 0.05) is 0 Å². The lowest BCUT2D eigenvalue weighted by molar-refractivity contribution is -0.167. The summed E-state index contributed by atoms with van der Waals surface area (Å²) in [6, 6.07) is 0. The van der Waals surface area contributed by atoms with Gasteiger partial charge in [0.2, 0.25) is 0 Å². The van der Waals surface area contributed by atoms with E-state index in [1.54, 1.807) is 0 Å². The van der Waals surface area contributed by atoms with E-state index in [0.717, 1.165) is 38.5 Å². The molecule has 0 spiro atoms. The minimum atomic E-state index is -0.832. The second-order valence-corrected chi connectivity index (χ2v) is 6.30. The van der Waals surface area contributed by atoms with Gasteiger partial charge in [0.05, 0.1) is 18.1 Å². The molecule has 3 heteroatoms. The molecule has 2 rings (SSSR count). The Kier molecular flexibility index (Phi) is 2.57. The molecule has 1 N–H and O–H groups in total. The Morgan fingerprint density at radius 3 is 2.25 bits per heavy atom. The molecular formula is C13H22O3. The van der Waals surface area contributed by atoms with Crippen LogP contribution in [0.4, 0.5) is 0 Å². The summed E-state index contributed by atoms with van der Waals surface area (Å²) in [5, 5.41) is 10.8. The fourth-order valence-electron chi connectivity index (χ4n) is 3.42. The Morgan fingerprint density at radius 2 is 1.81 bits per heavy atom. The second-order valence-electron chi connectivity index (χ2n) is 6.30. The van der Waals surface area contributed by atoms with Crippen LogP contribution >= 0.6 is 0 Å². The van der Waals surface area contributed by atoms with Crippen molar-refractivity contribution < 1.29 is 14.6 Å². The van der Waals surface area contributed by atoms with Crippen LogP contribution in [0.5, 0.6) is 0 Å². The van der Waals surface area contributed by atoms with Crippen molar-refractivity contribution in [3.8, 4) is 0 Å².